The van der Waals surface area contributed by atoms with Gasteiger partial charge in [0, 0.05) is 12.2 Å². The molecule has 0 radical (unpaired) electrons. The first-order chi connectivity index (χ1) is 9.20. The molecule has 0 amide bonds. The fraction of sp³-hybridized carbons (Fsp3) is 0.250. The molecule has 0 aliphatic heterocycles. The Balaban J connectivity index is 2.19. The molecule has 3 heteroatoms. The largest absolute Gasteiger partial charge is 0.365 e. The quantitative estimate of drug-likeness (QED) is 0.901. The molecule has 0 unspecified atom stereocenters. The zero-order chi connectivity index (χ0) is 13.7. The molecule has 1 aromatic heterocycles. The monoisotopic (exact) mass is 251 g/mol. The lowest BCUT2D eigenvalue weighted by molar-refractivity contribution is 0.822. The fourth-order valence-corrected chi connectivity index (χ4v) is 1.80. The summed E-state index contributed by atoms with van der Waals surface area (Å²) >= 11 is 0. The number of nitrogens with one attached hydrogen (secondary N) is 1. The van der Waals surface area contributed by atoms with E-state index >= 15 is 0 Å². The Kier molecular flexibility index (Phi) is 4.15. The van der Waals surface area contributed by atoms with Crippen molar-refractivity contribution >= 4 is 5.82 Å². The zero-order valence-corrected chi connectivity index (χ0v) is 11.2. The molecule has 1 aromatic carbocycles. The van der Waals surface area contributed by atoms with Crippen molar-refractivity contribution < 1.29 is 0 Å². The molecule has 1 heterocycles. The van der Waals surface area contributed by atoms with Crippen molar-refractivity contribution in [1.82, 2.24) is 4.98 Å². The topological polar surface area (TPSA) is 48.7 Å². The Hall–Kier alpha value is -2.34. The lowest BCUT2D eigenvalue weighted by Gasteiger charge is -2.11. The van der Waals surface area contributed by atoms with Crippen molar-refractivity contribution in [2.75, 3.05) is 5.32 Å². The van der Waals surface area contributed by atoms with Crippen LogP contribution in [-0.2, 0) is 6.54 Å². The van der Waals surface area contributed by atoms with Crippen LogP contribution < -0.4 is 5.32 Å². The molecule has 0 spiro atoms. The highest BCUT2D eigenvalue weighted by Crippen LogP contribution is 2.18. The lowest BCUT2D eigenvalue weighted by Crippen LogP contribution is -2.05. The van der Waals surface area contributed by atoms with E-state index in [1.165, 1.54) is 5.56 Å². The Morgan fingerprint density at radius 1 is 1.16 bits per heavy atom. The van der Waals surface area contributed by atoms with Gasteiger partial charge in [0.1, 0.15) is 11.9 Å². The van der Waals surface area contributed by atoms with Gasteiger partial charge in [0.25, 0.3) is 0 Å². The van der Waals surface area contributed by atoms with Crippen LogP contribution in [-0.4, -0.2) is 4.98 Å². The van der Waals surface area contributed by atoms with E-state index < -0.39 is 0 Å². The van der Waals surface area contributed by atoms with Gasteiger partial charge in [-0.15, -0.1) is 0 Å². The van der Waals surface area contributed by atoms with Crippen molar-refractivity contribution in [3.63, 3.8) is 0 Å². The van der Waals surface area contributed by atoms with Crippen LogP contribution in [0.5, 0.6) is 0 Å². The molecular formula is C16H17N3. The van der Waals surface area contributed by atoms with Gasteiger partial charge in [-0.3, -0.25) is 0 Å². The van der Waals surface area contributed by atoms with Gasteiger partial charge < -0.3 is 5.32 Å². The number of hydrogen-bond acceptors (Lipinski definition) is 3. The van der Waals surface area contributed by atoms with Crippen molar-refractivity contribution in [3.8, 4) is 6.07 Å². The summed E-state index contributed by atoms with van der Waals surface area (Å²) < 4.78 is 0. The van der Waals surface area contributed by atoms with Crippen LogP contribution in [0.3, 0.4) is 0 Å². The third kappa shape index (κ3) is 3.32. The highest BCUT2D eigenvalue weighted by Gasteiger charge is 2.07. The summed E-state index contributed by atoms with van der Waals surface area (Å²) in [5, 5.41) is 12.4. The first-order valence-corrected chi connectivity index (χ1v) is 6.39. The summed E-state index contributed by atoms with van der Waals surface area (Å²) in [6.45, 7) is 4.86. The Bertz CT molecular complexity index is 583. The predicted octanol–water partition coefficient (Wildman–Crippen LogP) is 3.69. The van der Waals surface area contributed by atoms with Gasteiger partial charge in [-0.05, 0) is 23.6 Å². The van der Waals surface area contributed by atoms with Gasteiger partial charge in [0.05, 0.1) is 5.56 Å². The number of anilines is 1. The number of nitriles is 1. The highest BCUT2D eigenvalue weighted by molar-refractivity contribution is 5.52. The van der Waals surface area contributed by atoms with E-state index in [9.17, 15) is 0 Å². The second kappa shape index (κ2) is 6.01. The van der Waals surface area contributed by atoms with Crippen LogP contribution in [0.2, 0.25) is 0 Å². The minimum absolute atomic E-state index is 0.352. The maximum Gasteiger partial charge on any atom is 0.144 e. The molecule has 2 aromatic rings. The second-order valence-electron chi connectivity index (χ2n) is 4.74. The summed E-state index contributed by atoms with van der Waals surface area (Å²) in [5.41, 5.74) is 2.75. The molecule has 19 heavy (non-hydrogen) atoms. The molecular weight excluding hydrogens is 234 g/mol. The van der Waals surface area contributed by atoms with E-state index in [4.69, 9.17) is 5.26 Å². The van der Waals surface area contributed by atoms with Gasteiger partial charge >= 0.3 is 0 Å². The molecule has 0 aliphatic carbocycles. The van der Waals surface area contributed by atoms with Crippen LogP contribution >= 0.6 is 0 Å². The van der Waals surface area contributed by atoms with Crippen LogP contribution in [0.25, 0.3) is 0 Å². The summed E-state index contributed by atoms with van der Waals surface area (Å²) in [6.07, 6.45) is 0. The van der Waals surface area contributed by atoms with E-state index in [0.717, 1.165) is 5.69 Å². The van der Waals surface area contributed by atoms with E-state index in [-0.39, 0.29) is 0 Å². The van der Waals surface area contributed by atoms with Crippen molar-refractivity contribution in [2.45, 2.75) is 26.3 Å². The summed E-state index contributed by atoms with van der Waals surface area (Å²) in [6, 6.07) is 16.0. The number of hydrogen-bond donors (Lipinski definition) is 1. The van der Waals surface area contributed by atoms with Gasteiger partial charge in [0.2, 0.25) is 0 Å². The van der Waals surface area contributed by atoms with Gasteiger partial charge in [-0.2, -0.15) is 5.26 Å². The Morgan fingerprint density at radius 3 is 2.53 bits per heavy atom. The van der Waals surface area contributed by atoms with Crippen molar-refractivity contribution in [3.05, 3.63) is 59.3 Å². The Labute approximate surface area is 113 Å². The fourth-order valence-electron chi connectivity index (χ4n) is 1.80. The second-order valence-corrected chi connectivity index (χ2v) is 4.74. The van der Waals surface area contributed by atoms with Crippen LogP contribution in [0.4, 0.5) is 5.82 Å². The predicted molar refractivity (Wildman–Crippen MR) is 76.8 cm³/mol. The number of rotatable bonds is 4. The van der Waals surface area contributed by atoms with E-state index in [1.807, 2.05) is 42.5 Å². The normalized spacial score (nSPS) is 10.2. The lowest BCUT2D eigenvalue weighted by atomic mass is 10.1. The molecule has 0 saturated carbocycles. The van der Waals surface area contributed by atoms with Crippen LogP contribution in [0.1, 0.15) is 36.6 Å². The minimum Gasteiger partial charge on any atom is -0.365 e. The number of pyridine rings is 1. The smallest absolute Gasteiger partial charge is 0.144 e. The van der Waals surface area contributed by atoms with Crippen molar-refractivity contribution in [1.29, 1.82) is 5.26 Å². The number of nitrogens with zero attached hydrogens (tertiary/aromatic N) is 2. The van der Waals surface area contributed by atoms with Gasteiger partial charge in [0.15, 0.2) is 0 Å². The third-order valence-corrected chi connectivity index (χ3v) is 2.93. The SMILES string of the molecule is CC(C)c1ccc(C#N)c(NCc2ccccc2)n1. The molecule has 0 atom stereocenters. The molecule has 0 fully saturated rings. The summed E-state index contributed by atoms with van der Waals surface area (Å²) in [7, 11) is 0. The van der Waals surface area contributed by atoms with Crippen molar-refractivity contribution in [2.24, 2.45) is 0 Å². The first kappa shape index (κ1) is 13.1. The summed E-state index contributed by atoms with van der Waals surface area (Å²) in [5.74, 6) is 1.02. The zero-order valence-electron chi connectivity index (χ0n) is 11.2. The van der Waals surface area contributed by atoms with Crippen LogP contribution in [0.15, 0.2) is 42.5 Å². The molecule has 3 nitrogen and oxygen atoms in total. The van der Waals surface area contributed by atoms with E-state index in [1.54, 1.807) is 0 Å². The Morgan fingerprint density at radius 2 is 1.89 bits per heavy atom. The maximum atomic E-state index is 9.12. The standard InChI is InChI=1S/C16H17N3/c1-12(2)15-9-8-14(10-17)16(19-15)18-11-13-6-4-3-5-7-13/h3-9,12H,11H2,1-2H3,(H,18,19). The number of aromatic nitrogens is 1. The molecule has 0 saturated heterocycles. The number of benzene rings is 1. The molecule has 96 valence electrons. The molecule has 2 rings (SSSR count). The average Bonchev–Trinajstić information content (AvgIpc) is 2.45. The summed E-state index contributed by atoms with van der Waals surface area (Å²) in [4.78, 5) is 4.52. The molecule has 0 bridgehead atoms. The molecule has 0 aliphatic rings. The highest BCUT2D eigenvalue weighted by atomic mass is 15.0. The molecule has 1 N–H and O–H groups in total. The van der Waals surface area contributed by atoms with Gasteiger partial charge in [-0.1, -0.05) is 44.2 Å². The first-order valence-electron chi connectivity index (χ1n) is 6.39. The third-order valence-electron chi connectivity index (χ3n) is 2.93. The van der Waals surface area contributed by atoms with Crippen LogP contribution in [0, 0.1) is 11.3 Å². The van der Waals surface area contributed by atoms with E-state index in [2.05, 4.69) is 30.2 Å². The maximum absolute atomic E-state index is 9.12. The van der Waals surface area contributed by atoms with Gasteiger partial charge in [-0.25, -0.2) is 4.98 Å². The minimum atomic E-state index is 0.352. The average molecular weight is 251 g/mol. The van der Waals surface area contributed by atoms with E-state index in [0.29, 0.717) is 23.8 Å².